The van der Waals surface area contributed by atoms with E-state index in [2.05, 4.69) is 49.5 Å². The van der Waals surface area contributed by atoms with Crippen LogP contribution in [0.5, 0.6) is 0 Å². The molecule has 0 fully saturated rings. The molecule has 0 spiro atoms. The van der Waals surface area contributed by atoms with E-state index in [0.717, 1.165) is 6.54 Å². The highest BCUT2D eigenvalue weighted by Gasteiger charge is 1.98. The van der Waals surface area contributed by atoms with Crippen molar-refractivity contribution in [3.8, 4) is 0 Å². The average molecular weight is 233 g/mol. The molecule has 0 saturated carbocycles. The number of methoxy groups -OCH3 is 1. The Hall–Kier alpha value is -1.12. The summed E-state index contributed by atoms with van der Waals surface area (Å²) in [6.45, 7) is 6.07. The lowest BCUT2D eigenvalue weighted by atomic mass is 10.1. The molecule has 0 bridgehead atoms. The standard InChI is InChI=1S/C15H23NO/c1-4-11-16-13(2)9-10-14-7-5-6-8-15(14)12-17-3/h5-10,13,16H,4,11-12H2,1-3H3/b10-9+. The van der Waals surface area contributed by atoms with Crippen LogP contribution in [-0.4, -0.2) is 19.7 Å². The first-order chi connectivity index (χ1) is 8.27. The number of hydrogen-bond acceptors (Lipinski definition) is 2. The Labute approximate surface area is 105 Å². The molecule has 94 valence electrons. The van der Waals surface area contributed by atoms with Gasteiger partial charge in [0.2, 0.25) is 0 Å². The van der Waals surface area contributed by atoms with Crippen molar-refractivity contribution in [2.45, 2.75) is 32.9 Å². The number of hydrogen-bond donors (Lipinski definition) is 1. The fourth-order valence-corrected chi connectivity index (χ4v) is 1.67. The minimum absolute atomic E-state index is 0.408. The highest BCUT2D eigenvalue weighted by atomic mass is 16.5. The highest BCUT2D eigenvalue weighted by molar-refractivity contribution is 5.54. The molecule has 1 N–H and O–H groups in total. The minimum Gasteiger partial charge on any atom is -0.380 e. The largest absolute Gasteiger partial charge is 0.380 e. The molecular weight excluding hydrogens is 210 g/mol. The summed E-state index contributed by atoms with van der Waals surface area (Å²) in [4.78, 5) is 0. The van der Waals surface area contributed by atoms with Crippen LogP contribution in [0.4, 0.5) is 0 Å². The summed E-state index contributed by atoms with van der Waals surface area (Å²) in [6.07, 6.45) is 5.53. The predicted molar refractivity (Wildman–Crippen MR) is 73.9 cm³/mol. The van der Waals surface area contributed by atoms with E-state index in [0.29, 0.717) is 12.6 Å². The molecule has 1 rings (SSSR count). The molecule has 0 aromatic heterocycles. The molecule has 2 heteroatoms. The fraction of sp³-hybridized carbons (Fsp3) is 0.467. The van der Waals surface area contributed by atoms with Gasteiger partial charge in [0, 0.05) is 13.2 Å². The van der Waals surface area contributed by atoms with Gasteiger partial charge in [0.15, 0.2) is 0 Å². The quantitative estimate of drug-likeness (QED) is 0.780. The summed E-state index contributed by atoms with van der Waals surface area (Å²) in [5, 5.41) is 3.44. The van der Waals surface area contributed by atoms with E-state index in [4.69, 9.17) is 4.74 Å². The van der Waals surface area contributed by atoms with E-state index in [1.54, 1.807) is 7.11 Å². The van der Waals surface area contributed by atoms with Crippen LogP contribution in [0.3, 0.4) is 0 Å². The Morgan fingerprint density at radius 3 is 2.82 bits per heavy atom. The van der Waals surface area contributed by atoms with E-state index < -0.39 is 0 Å². The van der Waals surface area contributed by atoms with Crippen molar-refractivity contribution in [3.05, 3.63) is 41.5 Å². The van der Waals surface area contributed by atoms with Crippen LogP contribution < -0.4 is 5.32 Å². The van der Waals surface area contributed by atoms with Gasteiger partial charge in [0.25, 0.3) is 0 Å². The molecular formula is C15H23NO. The van der Waals surface area contributed by atoms with E-state index in [-0.39, 0.29) is 0 Å². The van der Waals surface area contributed by atoms with Gasteiger partial charge in [-0.2, -0.15) is 0 Å². The number of ether oxygens (including phenoxy) is 1. The molecule has 0 radical (unpaired) electrons. The average Bonchev–Trinajstić information content (AvgIpc) is 2.35. The van der Waals surface area contributed by atoms with E-state index in [1.165, 1.54) is 17.5 Å². The summed E-state index contributed by atoms with van der Waals surface area (Å²) < 4.78 is 5.19. The van der Waals surface area contributed by atoms with Crippen molar-refractivity contribution in [3.63, 3.8) is 0 Å². The lowest BCUT2D eigenvalue weighted by Gasteiger charge is -2.09. The first-order valence-electron chi connectivity index (χ1n) is 6.26. The lowest BCUT2D eigenvalue weighted by molar-refractivity contribution is 0.184. The second-order valence-corrected chi connectivity index (χ2v) is 4.23. The normalized spacial score (nSPS) is 13.1. The van der Waals surface area contributed by atoms with Crippen LogP contribution in [-0.2, 0) is 11.3 Å². The lowest BCUT2D eigenvalue weighted by Crippen LogP contribution is -2.24. The van der Waals surface area contributed by atoms with Crippen LogP contribution >= 0.6 is 0 Å². The molecule has 0 heterocycles. The third-order valence-electron chi connectivity index (χ3n) is 2.64. The monoisotopic (exact) mass is 233 g/mol. The van der Waals surface area contributed by atoms with Crippen LogP contribution in [0.15, 0.2) is 30.3 Å². The van der Waals surface area contributed by atoms with Gasteiger partial charge in [-0.3, -0.25) is 0 Å². The number of nitrogens with one attached hydrogen (secondary N) is 1. The molecule has 0 aliphatic rings. The number of rotatable bonds is 7. The summed E-state index contributed by atoms with van der Waals surface area (Å²) in [7, 11) is 1.73. The molecule has 0 amide bonds. The Balaban J connectivity index is 2.63. The first kappa shape index (κ1) is 13.9. The fourth-order valence-electron chi connectivity index (χ4n) is 1.67. The zero-order valence-corrected chi connectivity index (χ0v) is 11.1. The molecule has 2 nitrogen and oxygen atoms in total. The molecule has 1 unspecified atom stereocenters. The second-order valence-electron chi connectivity index (χ2n) is 4.23. The van der Waals surface area contributed by atoms with Crippen molar-refractivity contribution in [2.24, 2.45) is 0 Å². The third kappa shape index (κ3) is 5.16. The van der Waals surface area contributed by atoms with Crippen molar-refractivity contribution in [2.75, 3.05) is 13.7 Å². The van der Waals surface area contributed by atoms with Gasteiger partial charge in [-0.25, -0.2) is 0 Å². The first-order valence-corrected chi connectivity index (χ1v) is 6.26. The van der Waals surface area contributed by atoms with Crippen LogP contribution in [0.1, 0.15) is 31.4 Å². The molecule has 1 atom stereocenters. The van der Waals surface area contributed by atoms with E-state index in [9.17, 15) is 0 Å². The maximum atomic E-state index is 5.19. The minimum atomic E-state index is 0.408. The van der Waals surface area contributed by atoms with E-state index >= 15 is 0 Å². The summed E-state index contributed by atoms with van der Waals surface area (Å²) in [6, 6.07) is 8.74. The second kappa shape index (κ2) is 8.04. The van der Waals surface area contributed by atoms with Crippen molar-refractivity contribution in [1.82, 2.24) is 5.32 Å². The van der Waals surface area contributed by atoms with Crippen LogP contribution in [0, 0.1) is 0 Å². The van der Waals surface area contributed by atoms with Crippen LogP contribution in [0.25, 0.3) is 6.08 Å². The zero-order chi connectivity index (χ0) is 12.5. The van der Waals surface area contributed by atoms with Crippen molar-refractivity contribution in [1.29, 1.82) is 0 Å². The van der Waals surface area contributed by atoms with Crippen molar-refractivity contribution >= 4 is 6.08 Å². The Morgan fingerprint density at radius 1 is 1.35 bits per heavy atom. The summed E-state index contributed by atoms with van der Waals surface area (Å²) in [5.74, 6) is 0. The third-order valence-corrected chi connectivity index (χ3v) is 2.64. The Kier molecular flexibility index (Phi) is 6.60. The Bertz CT molecular complexity index is 347. The topological polar surface area (TPSA) is 21.3 Å². The van der Waals surface area contributed by atoms with E-state index in [1.807, 2.05) is 6.07 Å². The summed E-state index contributed by atoms with van der Waals surface area (Å²) in [5.41, 5.74) is 2.47. The SMILES string of the molecule is CCCNC(C)/C=C/c1ccccc1COC. The molecule has 17 heavy (non-hydrogen) atoms. The van der Waals surface area contributed by atoms with Gasteiger partial charge in [-0.05, 0) is 31.0 Å². The van der Waals surface area contributed by atoms with Crippen LogP contribution in [0.2, 0.25) is 0 Å². The molecule has 0 aliphatic heterocycles. The summed E-state index contributed by atoms with van der Waals surface area (Å²) >= 11 is 0. The van der Waals surface area contributed by atoms with Gasteiger partial charge < -0.3 is 10.1 Å². The smallest absolute Gasteiger partial charge is 0.0718 e. The van der Waals surface area contributed by atoms with Crippen molar-refractivity contribution < 1.29 is 4.74 Å². The van der Waals surface area contributed by atoms with Gasteiger partial charge >= 0.3 is 0 Å². The molecule has 0 aliphatic carbocycles. The van der Waals surface area contributed by atoms with Gasteiger partial charge in [0.1, 0.15) is 0 Å². The molecule has 0 saturated heterocycles. The maximum Gasteiger partial charge on any atom is 0.0718 e. The zero-order valence-electron chi connectivity index (χ0n) is 11.1. The van der Waals surface area contributed by atoms with Gasteiger partial charge in [-0.1, -0.05) is 43.3 Å². The highest BCUT2D eigenvalue weighted by Crippen LogP contribution is 2.12. The maximum absolute atomic E-state index is 5.19. The van der Waals surface area contributed by atoms with Gasteiger partial charge in [0.05, 0.1) is 6.61 Å². The Morgan fingerprint density at radius 2 is 2.12 bits per heavy atom. The van der Waals surface area contributed by atoms with Gasteiger partial charge in [-0.15, -0.1) is 0 Å². The molecule has 1 aromatic carbocycles. The predicted octanol–water partition coefficient (Wildman–Crippen LogP) is 3.23. The molecule has 1 aromatic rings. The number of benzene rings is 1.